The standard InChI is InChI=1S/C12H17N3O5S/c1-21(18,19)11-4-2-3-10(12(11)15(16)17)14-5-6-20-9(7-13)8-14/h2-4,9H,5-8,13H2,1H3. The molecule has 116 valence electrons. The van der Waals surface area contributed by atoms with E-state index in [9.17, 15) is 18.5 Å². The van der Waals surface area contributed by atoms with Gasteiger partial charge in [0.2, 0.25) is 0 Å². The molecule has 1 unspecified atom stereocenters. The van der Waals surface area contributed by atoms with E-state index in [1.165, 1.54) is 12.1 Å². The van der Waals surface area contributed by atoms with Gasteiger partial charge in [-0.2, -0.15) is 0 Å². The number of rotatable bonds is 4. The third-order valence-electron chi connectivity index (χ3n) is 3.30. The summed E-state index contributed by atoms with van der Waals surface area (Å²) >= 11 is 0. The van der Waals surface area contributed by atoms with Crippen molar-refractivity contribution in [3.8, 4) is 0 Å². The van der Waals surface area contributed by atoms with Crippen LogP contribution in [0, 0.1) is 10.1 Å². The maximum atomic E-state index is 11.7. The number of nitrogens with zero attached hydrogens (tertiary/aromatic N) is 2. The van der Waals surface area contributed by atoms with Gasteiger partial charge in [-0.05, 0) is 12.1 Å². The molecule has 1 aromatic rings. The number of nitro benzene ring substituents is 1. The van der Waals surface area contributed by atoms with Gasteiger partial charge in [0, 0.05) is 25.9 Å². The zero-order valence-corrected chi connectivity index (χ0v) is 12.4. The fraction of sp³-hybridized carbons (Fsp3) is 0.500. The molecule has 8 nitrogen and oxygen atoms in total. The Morgan fingerprint density at radius 2 is 2.24 bits per heavy atom. The number of nitro groups is 1. The largest absolute Gasteiger partial charge is 0.373 e. The first kappa shape index (κ1) is 15.7. The lowest BCUT2D eigenvalue weighted by Crippen LogP contribution is -2.45. The van der Waals surface area contributed by atoms with Crippen molar-refractivity contribution in [2.24, 2.45) is 5.73 Å². The van der Waals surface area contributed by atoms with Crippen LogP contribution in [0.4, 0.5) is 11.4 Å². The molecule has 0 spiro atoms. The molecule has 21 heavy (non-hydrogen) atoms. The molecular formula is C12H17N3O5S. The minimum atomic E-state index is -3.68. The molecule has 1 aliphatic heterocycles. The predicted molar refractivity (Wildman–Crippen MR) is 77.2 cm³/mol. The van der Waals surface area contributed by atoms with E-state index in [0.29, 0.717) is 26.2 Å². The predicted octanol–water partition coefficient (Wildman–Crippen LogP) is 0.162. The fourth-order valence-corrected chi connectivity index (χ4v) is 3.19. The minimum Gasteiger partial charge on any atom is -0.373 e. The van der Waals surface area contributed by atoms with Gasteiger partial charge >= 0.3 is 5.69 Å². The first-order valence-corrected chi connectivity index (χ1v) is 8.28. The summed E-state index contributed by atoms with van der Waals surface area (Å²) in [5.74, 6) is 0. The average molecular weight is 315 g/mol. The van der Waals surface area contributed by atoms with Gasteiger partial charge in [0.15, 0.2) is 9.84 Å². The van der Waals surface area contributed by atoms with Gasteiger partial charge in [-0.1, -0.05) is 6.07 Å². The first-order valence-electron chi connectivity index (χ1n) is 6.38. The third-order valence-corrected chi connectivity index (χ3v) is 4.43. The summed E-state index contributed by atoms with van der Waals surface area (Å²) in [7, 11) is -3.68. The number of anilines is 1. The van der Waals surface area contributed by atoms with Gasteiger partial charge in [-0.15, -0.1) is 0 Å². The van der Waals surface area contributed by atoms with Crippen LogP contribution in [-0.2, 0) is 14.6 Å². The van der Waals surface area contributed by atoms with E-state index in [4.69, 9.17) is 10.5 Å². The molecule has 0 saturated carbocycles. The van der Waals surface area contributed by atoms with Crippen molar-refractivity contribution in [3.05, 3.63) is 28.3 Å². The number of nitrogens with two attached hydrogens (primary N) is 1. The number of sulfone groups is 1. The maximum Gasteiger partial charge on any atom is 0.311 e. The van der Waals surface area contributed by atoms with E-state index < -0.39 is 20.4 Å². The highest BCUT2D eigenvalue weighted by molar-refractivity contribution is 7.90. The van der Waals surface area contributed by atoms with Crippen molar-refractivity contribution in [1.29, 1.82) is 0 Å². The van der Waals surface area contributed by atoms with E-state index in [0.717, 1.165) is 6.26 Å². The normalized spacial score (nSPS) is 19.5. The van der Waals surface area contributed by atoms with Crippen LogP contribution in [0.5, 0.6) is 0 Å². The highest BCUT2D eigenvalue weighted by atomic mass is 32.2. The van der Waals surface area contributed by atoms with Crippen LogP contribution in [0.1, 0.15) is 0 Å². The summed E-state index contributed by atoms with van der Waals surface area (Å²) in [6.07, 6.45) is 0.737. The average Bonchev–Trinajstić information content (AvgIpc) is 2.45. The first-order chi connectivity index (χ1) is 9.84. The number of morpholine rings is 1. The topological polar surface area (TPSA) is 116 Å². The summed E-state index contributed by atoms with van der Waals surface area (Å²) < 4.78 is 28.9. The molecule has 1 heterocycles. The van der Waals surface area contributed by atoms with E-state index in [-0.39, 0.29) is 16.7 Å². The smallest absolute Gasteiger partial charge is 0.311 e. The fourth-order valence-electron chi connectivity index (χ4n) is 2.33. The van der Waals surface area contributed by atoms with E-state index in [2.05, 4.69) is 0 Å². The molecular weight excluding hydrogens is 298 g/mol. The Kier molecular flexibility index (Phi) is 4.45. The Hall–Kier alpha value is -1.71. The molecule has 2 N–H and O–H groups in total. The Balaban J connectivity index is 2.51. The van der Waals surface area contributed by atoms with Gasteiger partial charge in [0.1, 0.15) is 10.6 Å². The van der Waals surface area contributed by atoms with Crippen molar-refractivity contribution >= 4 is 21.2 Å². The summed E-state index contributed by atoms with van der Waals surface area (Å²) in [6, 6.07) is 4.30. The highest BCUT2D eigenvalue weighted by Crippen LogP contribution is 2.35. The molecule has 0 bridgehead atoms. The van der Waals surface area contributed by atoms with Crippen LogP contribution in [0.3, 0.4) is 0 Å². The number of para-hydroxylation sites is 1. The highest BCUT2D eigenvalue weighted by Gasteiger charge is 2.31. The second kappa shape index (κ2) is 5.96. The molecule has 0 aliphatic carbocycles. The quantitative estimate of drug-likeness (QED) is 0.621. The second-order valence-electron chi connectivity index (χ2n) is 4.83. The number of ether oxygens (including phenoxy) is 1. The molecule has 1 atom stereocenters. The van der Waals surface area contributed by atoms with Crippen LogP contribution in [0.15, 0.2) is 23.1 Å². The van der Waals surface area contributed by atoms with Gasteiger partial charge in [-0.25, -0.2) is 8.42 Å². The molecule has 0 radical (unpaired) electrons. The van der Waals surface area contributed by atoms with E-state index in [1.807, 2.05) is 0 Å². The summed E-state index contributed by atoms with van der Waals surface area (Å²) in [5.41, 5.74) is 5.45. The van der Waals surface area contributed by atoms with E-state index in [1.54, 1.807) is 11.0 Å². The Labute approximate surface area is 122 Å². The zero-order valence-electron chi connectivity index (χ0n) is 11.6. The molecule has 1 aromatic carbocycles. The van der Waals surface area contributed by atoms with Crippen LogP contribution in [0.25, 0.3) is 0 Å². The van der Waals surface area contributed by atoms with Crippen molar-refractivity contribution in [2.45, 2.75) is 11.0 Å². The van der Waals surface area contributed by atoms with Crippen LogP contribution < -0.4 is 10.6 Å². The Morgan fingerprint density at radius 3 is 2.81 bits per heavy atom. The summed E-state index contributed by atoms with van der Waals surface area (Å²) in [4.78, 5) is 12.2. The summed E-state index contributed by atoms with van der Waals surface area (Å²) in [5, 5.41) is 11.3. The van der Waals surface area contributed by atoms with Gasteiger partial charge < -0.3 is 15.4 Å². The SMILES string of the molecule is CS(=O)(=O)c1cccc(N2CCOC(CN)C2)c1[N+](=O)[O-]. The molecule has 1 aliphatic rings. The molecule has 9 heteroatoms. The van der Waals surface area contributed by atoms with Crippen molar-refractivity contribution in [2.75, 3.05) is 37.4 Å². The minimum absolute atomic E-state index is 0.222. The van der Waals surface area contributed by atoms with Crippen molar-refractivity contribution in [1.82, 2.24) is 0 Å². The van der Waals surface area contributed by atoms with Gasteiger partial charge in [0.05, 0.1) is 17.6 Å². The van der Waals surface area contributed by atoms with Crippen LogP contribution in [0.2, 0.25) is 0 Å². The molecule has 1 saturated heterocycles. The van der Waals surface area contributed by atoms with Crippen LogP contribution >= 0.6 is 0 Å². The molecule has 0 amide bonds. The summed E-state index contributed by atoms with van der Waals surface area (Å²) in [6.45, 7) is 1.54. The van der Waals surface area contributed by atoms with Crippen LogP contribution in [-0.4, -0.2) is 51.9 Å². The second-order valence-corrected chi connectivity index (χ2v) is 6.81. The Morgan fingerprint density at radius 1 is 1.52 bits per heavy atom. The monoisotopic (exact) mass is 315 g/mol. The number of benzene rings is 1. The van der Waals surface area contributed by atoms with E-state index >= 15 is 0 Å². The lowest BCUT2D eigenvalue weighted by molar-refractivity contribution is -0.387. The lowest BCUT2D eigenvalue weighted by Gasteiger charge is -2.33. The van der Waals surface area contributed by atoms with Gasteiger partial charge in [-0.3, -0.25) is 10.1 Å². The zero-order chi connectivity index (χ0) is 15.6. The Bertz CT molecular complexity index is 646. The van der Waals surface area contributed by atoms with Crippen molar-refractivity contribution in [3.63, 3.8) is 0 Å². The lowest BCUT2D eigenvalue weighted by atomic mass is 10.2. The maximum absolute atomic E-state index is 11.7. The molecule has 2 rings (SSSR count). The molecule has 0 aromatic heterocycles. The number of hydrogen-bond acceptors (Lipinski definition) is 7. The molecule has 1 fully saturated rings. The third kappa shape index (κ3) is 3.31. The van der Waals surface area contributed by atoms with Crippen molar-refractivity contribution < 1.29 is 18.1 Å². The van der Waals surface area contributed by atoms with Gasteiger partial charge in [0.25, 0.3) is 0 Å². The number of hydrogen-bond donors (Lipinski definition) is 1.